The van der Waals surface area contributed by atoms with Crippen molar-refractivity contribution in [3.8, 4) is 0 Å². The molecular weight excluding hydrogens is 252 g/mol. The summed E-state index contributed by atoms with van der Waals surface area (Å²) in [4.78, 5) is 2.55. The molecule has 2 unspecified atom stereocenters. The molecule has 3 heterocycles. The van der Waals surface area contributed by atoms with Gasteiger partial charge in [0.05, 0.1) is 0 Å². The van der Waals surface area contributed by atoms with E-state index in [2.05, 4.69) is 50.4 Å². The quantitative estimate of drug-likeness (QED) is 0.881. The number of nitrogens with one attached hydrogen (secondary N) is 1. The fraction of sp³-hybridized carbons (Fsp3) is 0.500. The standard InChI is InChI=1S/C12H15BrN2/c13-12-4-2-1-3-9(12)6-15-7-10-5-11(8-15)14-10/h1-4,10-11,14H,5-8H2. The first kappa shape index (κ1) is 9.82. The Labute approximate surface area is 98.8 Å². The fourth-order valence-electron chi connectivity index (χ4n) is 2.60. The lowest BCUT2D eigenvalue weighted by atomic mass is 9.91. The minimum atomic E-state index is 0.756. The molecule has 3 fully saturated rings. The highest BCUT2D eigenvalue weighted by atomic mass is 79.9. The van der Waals surface area contributed by atoms with Gasteiger partial charge >= 0.3 is 0 Å². The molecule has 15 heavy (non-hydrogen) atoms. The van der Waals surface area contributed by atoms with Gasteiger partial charge in [0.1, 0.15) is 0 Å². The third kappa shape index (κ3) is 1.96. The predicted molar refractivity (Wildman–Crippen MR) is 64.7 cm³/mol. The van der Waals surface area contributed by atoms with Gasteiger partial charge in [-0.1, -0.05) is 34.1 Å². The van der Waals surface area contributed by atoms with E-state index in [1.54, 1.807) is 0 Å². The Morgan fingerprint density at radius 3 is 2.60 bits per heavy atom. The third-order valence-corrected chi connectivity index (χ3v) is 4.12. The molecule has 0 aromatic heterocycles. The van der Waals surface area contributed by atoms with Crippen LogP contribution >= 0.6 is 15.9 Å². The first-order chi connectivity index (χ1) is 7.31. The van der Waals surface area contributed by atoms with E-state index in [9.17, 15) is 0 Å². The van der Waals surface area contributed by atoms with Crippen molar-refractivity contribution in [2.45, 2.75) is 25.0 Å². The van der Waals surface area contributed by atoms with E-state index < -0.39 is 0 Å². The average molecular weight is 267 g/mol. The molecule has 0 amide bonds. The predicted octanol–water partition coefficient (Wildman–Crippen LogP) is 2.00. The minimum absolute atomic E-state index is 0.756. The van der Waals surface area contributed by atoms with Crippen LogP contribution in [0, 0.1) is 0 Å². The number of hydrogen-bond donors (Lipinski definition) is 1. The lowest BCUT2D eigenvalue weighted by Gasteiger charge is -2.48. The number of halogens is 1. The summed E-state index contributed by atoms with van der Waals surface area (Å²) in [7, 11) is 0. The Balaban J connectivity index is 1.68. The van der Waals surface area contributed by atoms with Gasteiger partial charge in [0, 0.05) is 36.2 Å². The Morgan fingerprint density at radius 2 is 1.93 bits per heavy atom. The lowest BCUT2D eigenvalue weighted by Crippen LogP contribution is -2.66. The van der Waals surface area contributed by atoms with Gasteiger partial charge in [-0.05, 0) is 18.1 Å². The van der Waals surface area contributed by atoms with Crippen LogP contribution < -0.4 is 5.32 Å². The Hall–Kier alpha value is -0.380. The molecule has 3 saturated heterocycles. The smallest absolute Gasteiger partial charge is 0.0246 e. The number of nitrogens with zero attached hydrogens (tertiary/aromatic N) is 1. The fourth-order valence-corrected chi connectivity index (χ4v) is 3.01. The molecular formula is C12H15BrN2. The molecule has 0 spiro atoms. The molecule has 1 N–H and O–H groups in total. The number of benzene rings is 1. The van der Waals surface area contributed by atoms with Crippen molar-refractivity contribution in [1.29, 1.82) is 0 Å². The topological polar surface area (TPSA) is 15.3 Å². The van der Waals surface area contributed by atoms with Crippen LogP contribution in [-0.4, -0.2) is 30.1 Å². The maximum Gasteiger partial charge on any atom is 0.0246 e. The molecule has 3 aliphatic rings. The molecule has 0 saturated carbocycles. The largest absolute Gasteiger partial charge is 0.309 e. The molecule has 1 aromatic carbocycles. The maximum absolute atomic E-state index is 3.61. The average Bonchev–Trinajstić information content (AvgIpc) is 2.21. The van der Waals surface area contributed by atoms with Gasteiger partial charge in [0.25, 0.3) is 0 Å². The molecule has 3 heteroatoms. The summed E-state index contributed by atoms with van der Waals surface area (Å²) in [6.07, 6.45) is 1.38. The second kappa shape index (κ2) is 3.89. The zero-order valence-electron chi connectivity index (χ0n) is 8.62. The summed E-state index contributed by atoms with van der Waals surface area (Å²) in [5, 5.41) is 3.56. The lowest BCUT2D eigenvalue weighted by molar-refractivity contribution is 0.0724. The highest BCUT2D eigenvalue weighted by Gasteiger charge is 2.36. The summed E-state index contributed by atoms with van der Waals surface area (Å²) in [5.41, 5.74) is 1.40. The Kier molecular flexibility index (Phi) is 2.54. The highest BCUT2D eigenvalue weighted by Crippen LogP contribution is 2.24. The zero-order chi connectivity index (χ0) is 10.3. The van der Waals surface area contributed by atoms with Crippen LogP contribution in [0.5, 0.6) is 0 Å². The number of piperazine rings is 1. The van der Waals surface area contributed by atoms with Crippen molar-refractivity contribution in [3.05, 3.63) is 34.3 Å². The molecule has 4 rings (SSSR count). The van der Waals surface area contributed by atoms with Gasteiger partial charge in [0.15, 0.2) is 0 Å². The van der Waals surface area contributed by atoms with Gasteiger partial charge in [0.2, 0.25) is 0 Å². The summed E-state index contributed by atoms with van der Waals surface area (Å²) >= 11 is 3.61. The molecule has 3 aliphatic heterocycles. The molecule has 0 radical (unpaired) electrons. The van der Waals surface area contributed by atoms with E-state index in [1.807, 2.05) is 0 Å². The number of hydrogen-bond acceptors (Lipinski definition) is 2. The molecule has 2 atom stereocenters. The monoisotopic (exact) mass is 266 g/mol. The zero-order valence-corrected chi connectivity index (χ0v) is 10.2. The molecule has 80 valence electrons. The van der Waals surface area contributed by atoms with Gasteiger partial charge in [-0.25, -0.2) is 0 Å². The molecule has 1 aromatic rings. The number of piperidine rings is 1. The van der Waals surface area contributed by atoms with Crippen LogP contribution in [-0.2, 0) is 6.54 Å². The van der Waals surface area contributed by atoms with Crippen molar-refractivity contribution >= 4 is 15.9 Å². The van der Waals surface area contributed by atoms with Crippen molar-refractivity contribution < 1.29 is 0 Å². The van der Waals surface area contributed by atoms with Crippen LogP contribution in [0.15, 0.2) is 28.7 Å². The number of fused-ring (bicyclic) bond motifs is 2. The van der Waals surface area contributed by atoms with E-state index in [0.29, 0.717) is 0 Å². The van der Waals surface area contributed by atoms with Crippen LogP contribution in [0.25, 0.3) is 0 Å². The Morgan fingerprint density at radius 1 is 1.27 bits per heavy atom. The van der Waals surface area contributed by atoms with Gasteiger partial charge in [-0.15, -0.1) is 0 Å². The first-order valence-corrected chi connectivity index (χ1v) is 6.32. The second-order valence-electron chi connectivity index (χ2n) is 4.58. The van der Waals surface area contributed by atoms with Crippen LogP contribution in [0.3, 0.4) is 0 Å². The van der Waals surface area contributed by atoms with E-state index in [1.165, 1.54) is 29.5 Å². The van der Waals surface area contributed by atoms with E-state index in [0.717, 1.165) is 18.6 Å². The van der Waals surface area contributed by atoms with Crippen molar-refractivity contribution in [3.63, 3.8) is 0 Å². The SMILES string of the molecule is Brc1ccccc1CN1CC2CC(C1)N2. The van der Waals surface area contributed by atoms with Gasteiger partial charge < -0.3 is 5.32 Å². The second-order valence-corrected chi connectivity index (χ2v) is 5.44. The molecule has 2 nitrogen and oxygen atoms in total. The van der Waals surface area contributed by atoms with Crippen LogP contribution in [0.2, 0.25) is 0 Å². The van der Waals surface area contributed by atoms with Crippen molar-refractivity contribution in [2.75, 3.05) is 13.1 Å². The maximum atomic E-state index is 3.61. The summed E-state index contributed by atoms with van der Waals surface area (Å²) in [5.74, 6) is 0. The van der Waals surface area contributed by atoms with E-state index >= 15 is 0 Å². The summed E-state index contributed by atoms with van der Waals surface area (Å²) in [6.45, 7) is 3.49. The first-order valence-electron chi connectivity index (χ1n) is 5.53. The molecule has 2 bridgehead atoms. The third-order valence-electron chi connectivity index (χ3n) is 3.35. The Bertz CT molecular complexity index is 350. The van der Waals surface area contributed by atoms with Crippen LogP contribution in [0.4, 0.5) is 0 Å². The minimum Gasteiger partial charge on any atom is -0.309 e. The van der Waals surface area contributed by atoms with Crippen LogP contribution in [0.1, 0.15) is 12.0 Å². The van der Waals surface area contributed by atoms with Crippen molar-refractivity contribution in [1.82, 2.24) is 10.2 Å². The van der Waals surface area contributed by atoms with Crippen molar-refractivity contribution in [2.24, 2.45) is 0 Å². The van der Waals surface area contributed by atoms with E-state index in [4.69, 9.17) is 0 Å². The summed E-state index contributed by atoms with van der Waals surface area (Å²) < 4.78 is 1.23. The number of rotatable bonds is 2. The van der Waals surface area contributed by atoms with Gasteiger partial charge in [-0.2, -0.15) is 0 Å². The van der Waals surface area contributed by atoms with E-state index in [-0.39, 0.29) is 0 Å². The highest BCUT2D eigenvalue weighted by molar-refractivity contribution is 9.10. The molecule has 0 aliphatic carbocycles. The normalized spacial score (nSPS) is 29.9. The van der Waals surface area contributed by atoms with Gasteiger partial charge in [-0.3, -0.25) is 4.90 Å². The summed E-state index contributed by atoms with van der Waals surface area (Å²) in [6, 6.07) is 10.0.